The van der Waals surface area contributed by atoms with Crippen molar-refractivity contribution in [3.8, 4) is 5.69 Å². The van der Waals surface area contributed by atoms with E-state index in [0.717, 1.165) is 30.5 Å². The van der Waals surface area contributed by atoms with Gasteiger partial charge in [-0.2, -0.15) is 0 Å². The Hall–Kier alpha value is -1.97. The van der Waals surface area contributed by atoms with Crippen LogP contribution in [0, 0.1) is 0 Å². The summed E-state index contributed by atoms with van der Waals surface area (Å²) in [5.41, 5.74) is 3.66. The van der Waals surface area contributed by atoms with Gasteiger partial charge in [0.1, 0.15) is 5.69 Å². The Labute approximate surface area is 119 Å². The molecule has 0 fully saturated rings. The Bertz CT molecular complexity index is 591. The molecule has 0 radical (unpaired) electrons. The predicted molar refractivity (Wildman–Crippen MR) is 79.4 cm³/mol. The lowest BCUT2D eigenvalue weighted by Gasteiger charge is -2.19. The zero-order chi connectivity index (χ0) is 14.8. The van der Waals surface area contributed by atoms with E-state index in [0.29, 0.717) is 5.69 Å². The number of benzene rings is 1. The molecule has 0 aliphatic heterocycles. The largest absolute Gasteiger partial charge is 0.296 e. The Balaban J connectivity index is 2.41. The summed E-state index contributed by atoms with van der Waals surface area (Å²) in [4.78, 5) is 11.0. The highest BCUT2D eigenvalue weighted by Crippen LogP contribution is 2.23. The van der Waals surface area contributed by atoms with Gasteiger partial charge in [-0.15, -0.1) is 5.10 Å². The van der Waals surface area contributed by atoms with Crippen LogP contribution in [0.15, 0.2) is 24.3 Å². The third-order valence-corrected chi connectivity index (χ3v) is 3.37. The zero-order valence-corrected chi connectivity index (χ0v) is 12.6. The van der Waals surface area contributed by atoms with Crippen LogP contribution in [0.3, 0.4) is 0 Å². The summed E-state index contributed by atoms with van der Waals surface area (Å²) < 4.78 is 1.76. The molecule has 20 heavy (non-hydrogen) atoms. The molecule has 2 rings (SSSR count). The van der Waals surface area contributed by atoms with E-state index >= 15 is 0 Å². The number of nitrogens with zero attached hydrogens (tertiary/aromatic N) is 3. The molecule has 4 nitrogen and oxygen atoms in total. The third kappa shape index (κ3) is 2.79. The Morgan fingerprint density at radius 2 is 1.85 bits per heavy atom. The van der Waals surface area contributed by atoms with Crippen LogP contribution < -0.4 is 0 Å². The molecule has 0 amide bonds. The van der Waals surface area contributed by atoms with Gasteiger partial charge in [-0.05, 0) is 29.5 Å². The number of carbonyl (C=O) groups is 1. The number of rotatable bonds is 4. The number of aromatic nitrogens is 3. The smallest absolute Gasteiger partial charge is 0.172 e. The fourth-order valence-corrected chi connectivity index (χ4v) is 2.19. The van der Waals surface area contributed by atoms with Gasteiger partial charge >= 0.3 is 0 Å². The molecular weight excluding hydrogens is 250 g/mol. The topological polar surface area (TPSA) is 47.8 Å². The molecule has 106 valence electrons. The maximum atomic E-state index is 11.0. The molecular formula is C16H21N3O. The van der Waals surface area contributed by atoms with Gasteiger partial charge < -0.3 is 0 Å². The lowest BCUT2D eigenvalue weighted by Crippen LogP contribution is -2.11. The van der Waals surface area contributed by atoms with Crippen molar-refractivity contribution in [3.63, 3.8) is 0 Å². The lowest BCUT2D eigenvalue weighted by atomic mass is 9.87. The summed E-state index contributed by atoms with van der Waals surface area (Å²) in [6.45, 7) is 8.63. The normalized spacial score (nSPS) is 11.6. The standard InChI is InChI=1S/C16H21N3O/c1-5-6-15-14(11-20)17-18-19(15)13-9-7-12(8-10-13)16(2,3)4/h7-11H,5-6H2,1-4H3. The monoisotopic (exact) mass is 271 g/mol. The fraction of sp³-hybridized carbons (Fsp3) is 0.438. The Morgan fingerprint density at radius 3 is 2.35 bits per heavy atom. The summed E-state index contributed by atoms with van der Waals surface area (Å²) in [5.74, 6) is 0. The van der Waals surface area contributed by atoms with Gasteiger partial charge in [0, 0.05) is 0 Å². The van der Waals surface area contributed by atoms with Crippen LogP contribution in [0.5, 0.6) is 0 Å². The first kappa shape index (κ1) is 14.4. The van der Waals surface area contributed by atoms with Gasteiger partial charge in [-0.1, -0.05) is 51.5 Å². The second-order valence-electron chi connectivity index (χ2n) is 6.00. The molecule has 0 atom stereocenters. The van der Waals surface area contributed by atoms with E-state index in [1.54, 1.807) is 4.68 Å². The SMILES string of the molecule is CCCc1c(C=O)nnn1-c1ccc(C(C)(C)C)cc1. The van der Waals surface area contributed by atoms with E-state index < -0.39 is 0 Å². The summed E-state index contributed by atoms with van der Waals surface area (Å²) in [6.07, 6.45) is 2.52. The minimum atomic E-state index is 0.126. The van der Waals surface area contributed by atoms with Crippen LogP contribution >= 0.6 is 0 Å². The molecule has 0 saturated heterocycles. The first-order valence-electron chi connectivity index (χ1n) is 6.98. The average molecular weight is 271 g/mol. The van der Waals surface area contributed by atoms with Gasteiger partial charge in [-0.3, -0.25) is 4.79 Å². The molecule has 1 heterocycles. The van der Waals surface area contributed by atoms with Crippen LogP contribution in [0.1, 0.15) is 55.9 Å². The van der Waals surface area contributed by atoms with Crippen molar-refractivity contribution < 1.29 is 4.79 Å². The summed E-state index contributed by atoms with van der Waals surface area (Å²) in [7, 11) is 0. The number of hydrogen-bond acceptors (Lipinski definition) is 3. The predicted octanol–water partition coefficient (Wildman–Crippen LogP) is 3.33. The highest BCUT2D eigenvalue weighted by Gasteiger charge is 2.15. The minimum absolute atomic E-state index is 0.126. The Morgan fingerprint density at radius 1 is 1.20 bits per heavy atom. The summed E-state index contributed by atoms with van der Waals surface area (Å²) >= 11 is 0. The fourth-order valence-electron chi connectivity index (χ4n) is 2.19. The van der Waals surface area contributed by atoms with Crippen molar-refractivity contribution in [1.29, 1.82) is 0 Å². The summed E-state index contributed by atoms with van der Waals surface area (Å²) in [5, 5.41) is 8.05. The molecule has 0 N–H and O–H groups in total. The van der Waals surface area contributed by atoms with Gasteiger partial charge in [0.15, 0.2) is 6.29 Å². The van der Waals surface area contributed by atoms with Crippen molar-refractivity contribution in [2.75, 3.05) is 0 Å². The van der Waals surface area contributed by atoms with Crippen LogP contribution in [-0.2, 0) is 11.8 Å². The lowest BCUT2D eigenvalue weighted by molar-refractivity contribution is 0.111. The van der Waals surface area contributed by atoms with E-state index in [-0.39, 0.29) is 5.41 Å². The van der Waals surface area contributed by atoms with Gasteiger partial charge in [0.05, 0.1) is 11.4 Å². The first-order valence-corrected chi connectivity index (χ1v) is 6.98. The molecule has 4 heteroatoms. The maximum absolute atomic E-state index is 11.0. The maximum Gasteiger partial charge on any atom is 0.172 e. The van der Waals surface area contributed by atoms with E-state index in [9.17, 15) is 4.79 Å². The molecule has 1 aromatic carbocycles. The van der Waals surface area contributed by atoms with E-state index in [4.69, 9.17) is 0 Å². The molecule has 0 bridgehead atoms. The van der Waals surface area contributed by atoms with Crippen molar-refractivity contribution >= 4 is 6.29 Å². The second-order valence-corrected chi connectivity index (χ2v) is 6.00. The van der Waals surface area contributed by atoms with Crippen molar-refractivity contribution in [2.24, 2.45) is 0 Å². The van der Waals surface area contributed by atoms with Crippen LogP contribution in [0.25, 0.3) is 5.69 Å². The Kier molecular flexibility index (Phi) is 4.02. The average Bonchev–Trinajstić information content (AvgIpc) is 2.81. The second kappa shape index (κ2) is 5.57. The quantitative estimate of drug-likeness (QED) is 0.801. The van der Waals surface area contributed by atoms with Crippen molar-refractivity contribution in [3.05, 3.63) is 41.2 Å². The highest BCUT2D eigenvalue weighted by molar-refractivity contribution is 5.73. The molecule has 2 aromatic rings. The molecule has 1 aromatic heterocycles. The number of carbonyl (C=O) groups excluding carboxylic acids is 1. The molecule has 0 unspecified atom stereocenters. The highest BCUT2D eigenvalue weighted by atomic mass is 16.1. The van der Waals surface area contributed by atoms with E-state index in [1.807, 2.05) is 12.1 Å². The van der Waals surface area contributed by atoms with Gasteiger partial charge in [-0.25, -0.2) is 4.68 Å². The van der Waals surface area contributed by atoms with E-state index in [2.05, 4.69) is 50.1 Å². The molecule has 0 aliphatic carbocycles. The van der Waals surface area contributed by atoms with Gasteiger partial charge in [0.2, 0.25) is 0 Å². The number of aldehydes is 1. The van der Waals surface area contributed by atoms with Crippen LogP contribution in [0.4, 0.5) is 0 Å². The van der Waals surface area contributed by atoms with Crippen molar-refractivity contribution in [2.45, 2.75) is 46.0 Å². The molecule has 0 saturated carbocycles. The molecule has 0 spiro atoms. The van der Waals surface area contributed by atoms with E-state index in [1.165, 1.54) is 5.56 Å². The van der Waals surface area contributed by atoms with Gasteiger partial charge in [0.25, 0.3) is 0 Å². The van der Waals surface area contributed by atoms with Crippen LogP contribution in [0.2, 0.25) is 0 Å². The summed E-state index contributed by atoms with van der Waals surface area (Å²) in [6, 6.07) is 8.27. The first-order chi connectivity index (χ1) is 9.47. The van der Waals surface area contributed by atoms with Crippen LogP contribution in [-0.4, -0.2) is 21.3 Å². The minimum Gasteiger partial charge on any atom is -0.296 e. The number of hydrogen-bond donors (Lipinski definition) is 0. The third-order valence-electron chi connectivity index (χ3n) is 3.37. The molecule has 0 aliphatic rings. The van der Waals surface area contributed by atoms with Crippen molar-refractivity contribution in [1.82, 2.24) is 15.0 Å². The zero-order valence-electron chi connectivity index (χ0n) is 12.6.